The average Bonchev–Trinajstić information content (AvgIpc) is 2.33. The van der Waals surface area contributed by atoms with Gasteiger partial charge in [0.15, 0.2) is 0 Å². The molecule has 0 amide bonds. The quantitative estimate of drug-likeness (QED) is 0.810. The number of nitrogens with one attached hydrogen (secondary N) is 1. The fourth-order valence-corrected chi connectivity index (χ4v) is 2.37. The molecule has 1 heterocycles. The molecular formula is C13H20N2. The van der Waals surface area contributed by atoms with Crippen molar-refractivity contribution in [3.8, 4) is 0 Å². The highest BCUT2D eigenvalue weighted by atomic mass is 15.2. The Bertz CT molecular complexity index is 278. The van der Waals surface area contributed by atoms with Crippen LogP contribution < -0.4 is 5.32 Å². The topological polar surface area (TPSA) is 15.3 Å². The van der Waals surface area contributed by atoms with Gasteiger partial charge in [0.1, 0.15) is 0 Å². The molecule has 2 heteroatoms. The Morgan fingerprint density at radius 2 is 1.87 bits per heavy atom. The van der Waals surface area contributed by atoms with Crippen LogP contribution in [0.15, 0.2) is 30.3 Å². The van der Waals surface area contributed by atoms with Crippen LogP contribution in [0, 0.1) is 0 Å². The molecule has 1 fully saturated rings. The minimum Gasteiger partial charge on any atom is -0.314 e. The van der Waals surface area contributed by atoms with Crippen LogP contribution in [0.5, 0.6) is 0 Å². The molecule has 1 atom stereocenters. The zero-order valence-electron chi connectivity index (χ0n) is 9.45. The first-order chi connectivity index (χ1) is 7.42. The van der Waals surface area contributed by atoms with Crippen molar-refractivity contribution in [2.75, 3.05) is 26.2 Å². The summed E-state index contributed by atoms with van der Waals surface area (Å²) in [5.41, 5.74) is 1.46. The van der Waals surface area contributed by atoms with Crippen LogP contribution in [-0.2, 0) is 0 Å². The Balaban J connectivity index is 2.09. The monoisotopic (exact) mass is 204 g/mol. The van der Waals surface area contributed by atoms with Crippen LogP contribution in [0.3, 0.4) is 0 Å². The van der Waals surface area contributed by atoms with Crippen molar-refractivity contribution in [2.24, 2.45) is 0 Å². The Morgan fingerprint density at radius 3 is 2.47 bits per heavy atom. The second-order valence-electron chi connectivity index (χ2n) is 4.12. The third-order valence-electron chi connectivity index (χ3n) is 3.16. The first kappa shape index (κ1) is 10.7. The molecule has 0 aliphatic carbocycles. The van der Waals surface area contributed by atoms with Crippen molar-refractivity contribution in [3.05, 3.63) is 35.9 Å². The van der Waals surface area contributed by atoms with E-state index in [2.05, 4.69) is 47.5 Å². The van der Waals surface area contributed by atoms with E-state index in [1.807, 2.05) is 0 Å². The number of piperazine rings is 1. The summed E-state index contributed by atoms with van der Waals surface area (Å²) < 4.78 is 0. The Morgan fingerprint density at radius 1 is 1.20 bits per heavy atom. The standard InChI is InChI=1S/C13H20N2/c1-2-13(12-6-4-3-5-7-12)15-10-8-14-9-11-15/h3-7,13-14H,2,8-11H2,1H3/t13-/m0/s1. The Labute approximate surface area is 92.3 Å². The van der Waals surface area contributed by atoms with Crippen molar-refractivity contribution in [3.63, 3.8) is 0 Å². The second-order valence-corrected chi connectivity index (χ2v) is 4.12. The van der Waals surface area contributed by atoms with E-state index in [9.17, 15) is 0 Å². The van der Waals surface area contributed by atoms with Gasteiger partial charge in [-0.3, -0.25) is 4.90 Å². The summed E-state index contributed by atoms with van der Waals surface area (Å²) in [6.45, 7) is 6.88. The van der Waals surface area contributed by atoms with Gasteiger partial charge in [-0.1, -0.05) is 37.3 Å². The first-order valence-electron chi connectivity index (χ1n) is 5.91. The zero-order valence-corrected chi connectivity index (χ0v) is 9.45. The molecule has 82 valence electrons. The fourth-order valence-electron chi connectivity index (χ4n) is 2.37. The van der Waals surface area contributed by atoms with Crippen molar-refractivity contribution < 1.29 is 0 Å². The maximum absolute atomic E-state index is 3.40. The predicted molar refractivity (Wildman–Crippen MR) is 63.9 cm³/mol. The molecule has 1 aromatic rings. The maximum Gasteiger partial charge on any atom is 0.0346 e. The van der Waals surface area contributed by atoms with Crippen molar-refractivity contribution in [1.29, 1.82) is 0 Å². The molecule has 0 unspecified atom stereocenters. The van der Waals surface area contributed by atoms with Gasteiger partial charge < -0.3 is 5.32 Å². The van der Waals surface area contributed by atoms with E-state index in [-0.39, 0.29) is 0 Å². The second kappa shape index (κ2) is 5.29. The maximum atomic E-state index is 3.40. The van der Waals surface area contributed by atoms with E-state index < -0.39 is 0 Å². The van der Waals surface area contributed by atoms with Crippen LogP contribution in [0.4, 0.5) is 0 Å². The average molecular weight is 204 g/mol. The summed E-state index contributed by atoms with van der Waals surface area (Å²) in [6, 6.07) is 11.5. The van der Waals surface area contributed by atoms with Crippen molar-refractivity contribution >= 4 is 0 Å². The normalized spacial score (nSPS) is 20.1. The molecule has 0 spiro atoms. The highest BCUT2D eigenvalue weighted by molar-refractivity contribution is 5.19. The summed E-state index contributed by atoms with van der Waals surface area (Å²) in [5.74, 6) is 0. The van der Waals surface area contributed by atoms with Crippen molar-refractivity contribution in [2.45, 2.75) is 19.4 Å². The Hall–Kier alpha value is -0.860. The largest absolute Gasteiger partial charge is 0.314 e. The van der Waals surface area contributed by atoms with Crippen molar-refractivity contribution in [1.82, 2.24) is 10.2 Å². The molecule has 1 aliphatic heterocycles. The van der Waals surface area contributed by atoms with E-state index in [0.717, 1.165) is 13.1 Å². The molecule has 1 N–H and O–H groups in total. The highest BCUT2D eigenvalue weighted by Crippen LogP contribution is 2.23. The number of hydrogen-bond donors (Lipinski definition) is 1. The number of benzene rings is 1. The van der Waals surface area contributed by atoms with Crippen LogP contribution in [0.2, 0.25) is 0 Å². The van der Waals surface area contributed by atoms with Gasteiger partial charge in [-0.25, -0.2) is 0 Å². The lowest BCUT2D eigenvalue weighted by Crippen LogP contribution is -2.45. The van der Waals surface area contributed by atoms with Crippen LogP contribution in [-0.4, -0.2) is 31.1 Å². The molecule has 0 bridgehead atoms. The van der Waals surface area contributed by atoms with Gasteiger partial charge in [-0.15, -0.1) is 0 Å². The molecule has 1 aromatic carbocycles. The van der Waals surface area contributed by atoms with E-state index in [1.54, 1.807) is 0 Å². The van der Waals surface area contributed by atoms with Crippen LogP contribution >= 0.6 is 0 Å². The van der Waals surface area contributed by atoms with Gasteiger partial charge in [-0.05, 0) is 12.0 Å². The molecular weight excluding hydrogens is 184 g/mol. The van der Waals surface area contributed by atoms with Gasteiger partial charge in [-0.2, -0.15) is 0 Å². The summed E-state index contributed by atoms with van der Waals surface area (Å²) in [4.78, 5) is 2.59. The third kappa shape index (κ3) is 2.58. The lowest BCUT2D eigenvalue weighted by molar-refractivity contribution is 0.169. The molecule has 0 radical (unpaired) electrons. The first-order valence-corrected chi connectivity index (χ1v) is 5.91. The number of nitrogens with zero attached hydrogens (tertiary/aromatic N) is 1. The van der Waals surface area contributed by atoms with E-state index in [1.165, 1.54) is 25.1 Å². The summed E-state index contributed by atoms with van der Waals surface area (Å²) in [6.07, 6.45) is 1.20. The molecule has 15 heavy (non-hydrogen) atoms. The zero-order chi connectivity index (χ0) is 10.5. The smallest absolute Gasteiger partial charge is 0.0346 e. The predicted octanol–water partition coefficient (Wildman–Crippen LogP) is 2.04. The lowest BCUT2D eigenvalue weighted by Gasteiger charge is -2.34. The Kier molecular flexibility index (Phi) is 3.75. The molecule has 2 nitrogen and oxygen atoms in total. The van der Waals surface area contributed by atoms with Gasteiger partial charge >= 0.3 is 0 Å². The highest BCUT2D eigenvalue weighted by Gasteiger charge is 2.19. The van der Waals surface area contributed by atoms with Gasteiger partial charge in [0, 0.05) is 32.2 Å². The lowest BCUT2D eigenvalue weighted by atomic mass is 10.0. The molecule has 2 rings (SSSR count). The SMILES string of the molecule is CC[C@@H](c1ccccc1)N1CCNCC1. The van der Waals surface area contributed by atoms with E-state index in [0.29, 0.717) is 6.04 Å². The molecule has 1 saturated heterocycles. The summed E-state index contributed by atoms with van der Waals surface area (Å²) in [7, 11) is 0. The van der Waals surface area contributed by atoms with E-state index in [4.69, 9.17) is 0 Å². The van der Waals surface area contributed by atoms with Gasteiger partial charge in [0.2, 0.25) is 0 Å². The minimum atomic E-state index is 0.605. The fraction of sp³-hybridized carbons (Fsp3) is 0.538. The van der Waals surface area contributed by atoms with Crippen LogP contribution in [0.1, 0.15) is 24.9 Å². The summed E-state index contributed by atoms with van der Waals surface area (Å²) in [5, 5.41) is 3.40. The van der Waals surface area contributed by atoms with E-state index >= 15 is 0 Å². The third-order valence-corrected chi connectivity index (χ3v) is 3.16. The minimum absolute atomic E-state index is 0.605. The van der Waals surface area contributed by atoms with Crippen LogP contribution in [0.25, 0.3) is 0 Å². The van der Waals surface area contributed by atoms with Gasteiger partial charge in [0.05, 0.1) is 0 Å². The summed E-state index contributed by atoms with van der Waals surface area (Å²) >= 11 is 0. The molecule has 0 saturated carbocycles. The number of hydrogen-bond acceptors (Lipinski definition) is 2. The molecule has 1 aliphatic rings. The molecule has 0 aromatic heterocycles. The van der Waals surface area contributed by atoms with Gasteiger partial charge in [0.25, 0.3) is 0 Å². The number of rotatable bonds is 3.